The number of hydrogen-bond acceptors (Lipinski definition) is 20. The molecule has 0 spiro atoms. The van der Waals surface area contributed by atoms with Crippen LogP contribution in [0.1, 0.15) is 75.6 Å². The second kappa shape index (κ2) is 27.6. The lowest BCUT2D eigenvalue weighted by atomic mass is 10.1. The zero-order valence-corrected chi connectivity index (χ0v) is 49.0. The predicted molar refractivity (Wildman–Crippen MR) is 318 cm³/mol. The fourth-order valence-electron chi connectivity index (χ4n) is 11.2. The standard InChI is InChI=1S/C29H38N8O4.C24H28ClN7O3.C5H11NO/c1-39-24-14-22(15-25(40-2)27(24)41-3)35-17-26(30-19-35)31-28-23-10-9-20(16-34-11-5-4-6-12-34)37(23)33-29(32-28)36-13-7-8-21(36)18-38;1-33-19-11-17(12-20(34-2)22(19)35-3)31-14-21(26-15-31)27-23-18-8-7-16(32(18)29-24(25)28-23)13-30-9-5-4-6-10-30;7-4-5-2-1-3-6-5/h9-10,14-15,17,19,21,38H,4-8,11-13,16,18H2,1-3H3,(H,31,32,33);7-8,11-12,14-15H,4-6,9-10,13H2,1-3H3,(H,27,28,29);5-7H,1-4H2/t21-;;5-/m1.1/s1. The second-order valence-electron chi connectivity index (χ2n) is 20.9. The van der Waals surface area contributed by atoms with Gasteiger partial charge in [-0.05, 0) is 120 Å². The maximum Gasteiger partial charge on any atom is 0.245 e. The SMILES string of the molecule is COc1cc(-n2cnc(Nc3nc(Cl)nn4c(CN5CCCCC5)ccc34)c2)cc(OC)c1OC.COc1cc(-n2cnc(Nc3nc(N4CCC[C@@H]4CO)nn4c(CN5CCCCC5)ccc34)c2)cc(OC)c1OC.OC[C@H]1CCCN1. The Morgan fingerprint density at radius 1 is 0.566 bits per heavy atom. The molecular formula is C58H77ClN16O8. The van der Waals surface area contributed by atoms with Crippen molar-refractivity contribution in [1.29, 1.82) is 0 Å². The average Bonchev–Trinajstić information content (AvgIpc) is 3.77. The van der Waals surface area contributed by atoms with Crippen LogP contribution >= 0.6 is 11.6 Å². The average molecular weight is 1160 g/mol. The van der Waals surface area contributed by atoms with Gasteiger partial charge in [0.25, 0.3) is 0 Å². The molecule has 0 bridgehead atoms. The number of imidazole rings is 2. The highest BCUT2D eigenvalue weighted by molar-refractivity contribution is 6.28. The Kier molecular flexibility index (Phi) is 19.5. The van der Waals surface area contributed by atoms with E-state index in [1.807, 2.05) is 60.9 Å². The predicted octanol–water partition coefficient (Wildman–Crippen LogP) is 7.69. The van der Waals surface area contributed by atoms with Crippen molar-refractivity contribution in [2.24, 2.45) is 0 Å². The molecule has 0 saturated carbocycles. The van der Waals surface area contributed by atoms with Gasteiger partial charge in [0.1, 0.15) is 35.3 Å². The highest BCUT2D eigenvalue weighted by atomic mass is 35.5. The molecular weight excluding hydrogens is 1080 g/mol. The molecule has 2 aromatic carbocycles. The molecule has 24 nitrogen and oxygen atoms in total. The molecule has 8 aromatic rings. The number of likely N-dealkylation sites (tertiary alicyclic amines) is 2. The molecule has 0 amide bonds. The summed E-state index contributed by atoms with van der Waals surface area (Å²) < 4.78 is 40.5. The number of anilines is 5. The van der Waals surface area contributed by atoms with Crippen LogP contribution in [-0.2, 0) is 13.1 Å². The van der Waals surface area contributed by atoms with Crippen molar-refractivity contribution in [2.45, 2.75) is 89.4 Å². The van der Waals surface area contributed by atoms with Gasteiger partial charge in [0, 0.05) is 49.9 Å². The minimum absolute atomic E-state index is 0.0145. The number of aliphatic hydroxyl groups is 2. The molecule has 0 aliphatic carbocycles. The summed E-state index contributed by atoms with van der Waals surface area (Å²) in [5, 5.41) is 38.0. The monoisotopic (exact) mass is 1160 g/mol. The van der Waals surface area contributed by atoms with E-state index in [4.69, 9.17) is 55.2 Å². The minimum Gasteiger partial charge on any atom is -0.493 e. The second-order valence-corrected chi connectivity index (χ2v) is 21.2. The number of ether oxygens (including phenoxy) is 6. The zero-order chi connectivity index (χ0) is 57.8. The van der Waals surface area contributed by atoms with Crippen LogP contribution in [0.3, 0.4) is 0 Å². The molecule has 25 heteroatoms. The van der Waals surface area contributed by atoms with Crippen LogP contribution < -0.4 is 49.3 Å². The molecule has 0 radical (unpaired) electrons. The van der Waals surface area contributed by atoms with Crippen LogP contribution in [0.5, 0.6) is 34.5 Å². The Morgan fingerprint density at radius 2 is 1.06 bits per heavy atom. The lowest BCUT2D eigenvalue weighted by molar-refractivity contribution is 0.217. The number of benzene rings is 2. The van der Waals surface area contributed by atoms with Gasteiger partial charge in [-0.25, -0.2) is 19.0 Å². The van der Waals surface area contributed by atoms with Gasteiger partial charge in [-0.2, -0.15) is 9.97 Å². The first-order valence-corrected chi connectivity index (χ1v) is 28.8. The fourth-order valence-corrected chi connectivity index (χ4v) is 11.4. The normalized spacial score (nSPS) is 17.4. The highest BCUT2D eigenvalue weighted by Crippen LogP contribution is 2.41. The van der Waals surface area contributed by atoms with Crippen molar-refractivity contribution in [2.75, 3.05) is 111 Å². The maximum absolute atomic E-state index is 10.0. The molecule has 4 fully saturated rings. The van der Waals surface area contributed by atoms with E-state index in [0.29, 0.717) is 76.4 Å². The summed E-state index contributed by atoms with van der Waals surface area (Å²) in [6.45, 7) is 8.38. The van der Waals surface area contributed by atoms with Gasteiger partial charge in [-0.15, -0.1) is 10.2 Å². The number of piperidine rings is 2. The van der Waals surface area contributed by atoms with E-state index in [-0.39, 0.29) is 17.9 Å². The quantitative estimate of drug-likeness (QED) is 0.0522. The molecule has 10 heterocycles. The van der Waals surface area contributed by atoms with Gasteiger partial charge in [-0.3, -0.25) is 9.80 Å². The lowest BCUT2D eigenvalue weighted by Crippen LogP contribution is -2.34. The van der Waals surface area contributed by atoms with E-state index in [1.165, 1.54) is 44.9 Å². The lowest BCUT2D eigenvalue weighted by Gasteiger charge is -2.26. The number of nitrogens with zero attached hydrogens (tertiary/aromatic N) is 13. The number of fused-ring (bicyclic) bond motifs is 2. The van der Waals surface area contributed by atoms with Crippen molar-refractivity contribution in [3.8, 4) is 45.9 Å². The first kappa shape index (κ1) is 58.6. The van der Waals surface area contributed by atoms with Crippen LogP contribution in [0, 0.1) is 0 Å². The molecule has 12 rings (SSSR count). The van der Waals surface area contributed by atoms with Crippen molar-refractivity contribution >= 4 is 51.9 Å². The number of aliphatic hydroxyl groups excluding tert-OH is 2. The summed E-state index contributed by atoms with van der Waals surface area (Å²) in [5.74, 6) is 6.40. The van der Waals surface area contributed by atoms with E-state index in [2.05, 4.69) is 68.9 Å². The number of halogens is 1. The molecule has 0 unspecified atom stereocenters. The van der Waals surface area contributed by atoms with Gasteiger partial charge in [0.05, 0.1) is 97.1 Å². The van der Waals surface area contributed by atoms with Crippen LogP contribution in [0.15, 0.2) is 73.6 Å². The van der Waals surface area contributed by atoms with E-state index in [9.17, 15) is 5.11 Å². The van der Waals surface area contributed by atoms with E-state index in [0.717, 1.165) is 105 Å². The molecule has 4 aliphatic rings. The van der Waals surface area contributed by atoms with E-state index < -0.39 is 0 Å². The third-order valence-electron chi connectivity index (χ3n) is 15.6. The first-order valence-electron chi connectivity index (χ1n) is 28.5. The van der Waals surface area contributed by atoms with Gasteiger partial charge >= 0.3 is 0 Å². The Labute approximate surface area is 488 Å². The smallest absolute Gasteiger partial charge is 0.245 e. The molecule has 6 aromatic heterocycles. The maximum atomic E-state index is 10.0. The molecule has 83 heavy (non-hydrogen) atoms. The number of aromatic nitrogens is 10. The molecule has 444 valence electrons. The van der Waals surface area contributed by atoms with Crippen LogP contribution in [0.25, 0.3) is 22.4 Å². The Bertz CT molecular complexity index is 3350. The fraction of sp³-hybridized carbons (Fsp3) is 0.483. The zero-order valence-electron chi connectivity index (χ0n) is 48.3. The number of methoxy groups -OCH3 is 6. The molecule has 2 atom stereocenters. The molecule has 4 saturated heterocycles. The summed E-state index contributed by atoms with van der Waals surface area (Å²) in [5.41, 5.74) is 5.53. The van der Waals surface area contributed by atoms with Gasteiger partial charge in [0.15, 0.2) is 34.6 Å². The van der Waals surface area contributed by atoms with Crippen LogP contribution in [0.4, 0.5) is 29.2 Å². The Hall–Kier alpha value is -7.61. The van der Waals surface area contributed by atoms with Crippen molar-refractivity contribution < 1.29 is 38.6 Å². The van der Waals surface area contributed by atoms with Crippen molar-refractivity contribution in [3.63, 3.8) is 0 Å². The summed E-state index contributed by atoms with van der Waals surface area (Å²) >= 11 is 6.30. The topological polar surface area (TPSA) is 238 Å². The van der Waals surface area contributed by atoms with E-state index in [1.54, 1.807) is 55.3 Å². The summed E-state index contributed by atoms with van der Waals surface area (Å²) in [4.78, 5) is 25.5. The third-order valence-corrected chi connectivity index (χ3v) is 15.8. The van der Waals surface area contributed by atoms with Crippen LogP contribution in [0.2, 0.25) is 5.28 Å². The Balaban J connectivity index is 0.000000167. The summed E-state index contributed by atoms with van der Waals surface area (Å²) in [6.07, 6.45) is 19.0. The van der Waals surface area contributed by atoms with Crippen molar-refractivity contribution in [3.05, 3.63) is 90.3 Å². The van der Waals surface area contributed by atoms with Gasteiger partial charge in [-0.1, -0.05) is 12.8 Å². The van der Waals surface area contributed by atoms with Crippen molar-refractivity contribution in [1.82, 2.24) is 63.4 Å². The minimum atomic E-state index is 0.0145. The number of hydrogen-bond donors (Lipinski definition) is 5. The number of nitrogens with one attached hydrogen (secondary N) is 3. The molecule has 4 aliphatic heterocycles. The van der Waals surface area contributed by atoms with E-state index >= 15 is 0 Å². The van der Waals surface area contributed by atoms with Crippen LogP contribution in [-0.4, -0.2) is 176 Å². The summed E-state index contributed by atoms with van der Waals surface area (Å²) in [6, 6.07) is 16.2. The van der Waals surface area contributed by atoms with Gasteiger partial charge in [0.2, 0.25) is 22.7 Å². The first-order chi connectivity index (χ1) is 40.6. The summed E-state index contributed by atoms with van der Waals surface area (Å²) in [7, 11) is 9.52. The third kappa shape index (κ3) is 13.6. The largest absolute Gasteiger partial charge is 0.493 e. The molecule has 5 N–H and O–H groups in total. The highest BCUT2D eigenvalue weighted by Gasteiger charge is 2.28. The Morgan fingerprint density at radius 3 is 1.49 bits per heavy atom. The van der Waals surface area contributed by atoms with Gasteiger partial charge < -0.3 is 68.6 Å². The number of rotatable bonds is 19.